The molecule has 1 saturated carbocycles. The van der Waals surface area contributed by atoms with Crippen molar-refractivity contribution in [3.63, 3.8) is 0 Å². The predicted octanol–water partition coefficient (Wildman–Crippen LogP) is 3.30. The number of aliphatic hydroxyl groups excluding tert-OH is 1. The van der Waals surface area contributed by atoms with Crippen molar-refractivity contribution in [3.05, 3.63) is 28.5 Å². The van der Waals surface area contributed by atoms with Crippen LogP contribution in [0.25, 0.3) is 0 Å². The van der Waals surface area contributed by atoms with E-state index in [4.69, 9.17) is 0 Å². The Morgan fingerprint density at radius 2 is 2.06 bits per heavy atom. The van der Waals surface area contributed by atoms with Gasteiger partial charge in [0.05, 0.1) is 17.8 Å². The third-order valence-corrected chi connectivity index (χ3v) is 3.49. The molecule has 2 N–H and O–H groups in total. The van der Waals surface area contributed by atoms with Crippen molar-refractivity contribution < 1.29 is 9.50 Å². The molecule has 2 rings (SSSR count). The highest BCUT2D eigenvalue weighted by molar-refractivity contribution is 9.10. The molecule has 0 saturated heterocycles. The van der Waals surface area contributed by atoms with Gasteiger partial charge in [-0.2, -0.15) is 0 Å². The van der Waals surface area contributed by atoms with Crippen molar-refractivity contribution in [1.82, 2.24) is 0 Å². The van der Waals surface area contributed by atoms with Crippen molar-refractivity contribution in [1.29, 1.82) is 0 Å². The summed E-state index contributed by atoms with van der Waals surface area (Å²) in [6.07, 6.45) is 3.48. The first-order valence-corrected chi connectivity index (χ1v) is 6.36. The van der Waals surface area contributed by atoms with Gasteiger partial charge < -0.3 is 10.4 Å². The molecule has 0 radical (unpaired) electrons. The second kappa shape index (κ2) is 5.15. The molecule has 1 fully saturated rings. The second-order valence-corrected chi connectivity index (χ2v) is 5.14. The summed E-state index contributed by atoms with van der Waals surface area (Å²) >= 11 is 3.22. The SMILES string of the molecule is OC1CCCCC1Nc1ccc(Br)cc1F. The number of aliphatic hydroxyl groups is 1. The van der Waals surface area contributed by atoms with Gasteiger partial charge in [0.1, 0.15) is 5.82 Å². The van der Waals surface area contributed by atoms with Crippen LogP contribution in [0.1, 0.15) is 25.7 Å². The number of rotatable bonds is 2. The summed E-state index contributed by atoms with van der Waals surface area (Å²) in [5.74, 6) is -0.285. The quantitative estimate of drug-likeness (QED) is 0.875. The maximum absolute atomic E-state index is 13.6. The maximum atomic E-state index is 13.6. The molecule has 1 aromatic rings. The van der Waals surface area contributed by atoms with Gasteiger partial charge in [-0.15, -0.1) is 0 Å². The summed E-state index contributed by atoms with van der Waals surface area (Å²) in [4.78, 5) is 0. The molecule has 2 unspecified atom stereocenters. The second-order valence-electron chi connectivity index (χ2n) is 4.23. The molecular formula is C12H15BrFNO. The van der Waals surface area contributed by atoms with E-state index in [-0.39, 0.29) is 18.0 Å². The van der Waals surface area contributed by atoms with Crippen molar-refractivity contribution in [2.75, 3.05) is 5.32 Å². The summed E-state index contributed by atoms with van der Waals surface area (Å²) in [6.45, 7) is 0. The number of nitrogens with one attached hydrogen (secondary N) is 1. The zero-order valence-corrected chi connectivity index (χ0v) is 10.5. The number of anilines is 1. The van der Waals surface area contributed by atoms with E-state index in [0.29, 0.717) is 5.69 Å². The minimum absolute atomic E-state index is 0.0237. The highest BCUT2D eigenvalue weighted by Gasteiger charge is 2.23. The van der Waals surface area contributed by atoms with Gasteiger partial charge in [0.2, 0.25) is 0 Å². The summed E-state index contributed by atoms with van der Waals surface area (Å²) < 4.78 is 14.3. The molecule has 4 heteroatoms. The van der Waals surface area contributed by atoms with E-state index in [1.54, 1.807) is 12.1 Å². The number of halogens is 2. The van der Waals surface area contributed by atoms with Crippen molar-refractivity contribution >= 4 is 21.6 Å². The third kappa shape index (κ3) is 2.74. The van der Waals surface area contributed by atoms with Gasteiger partial charge in [0.15, 0.2) is 0 Å². The van der Waals surface area contributed by atoms with Crippen LogP contribution in [0, 0.1) is 5.82 Å². The Bertz CT molecular complexity index is 372. The fourth-order valence-electron chi connectivity index (χ4n) is 2.09. The molecule has 88 valence electrons. The van der Waals surface area contributed by atoms with E-state index >= 15 is 0 Å². The van der Waals surface area contributed by atoms with E-state index < -0.39 is 0 Å². The highest BCUT2D eigenvalue weighted by Crippen LogP contribution is 2.25. The van der Waals surface area contributed by atoms with Crippen molar-refractivity contribution in [3.8, 4) is 0 Å². The van der Waals surface area contributed by atoms with Crippen LogP contribution in [0.5, 0.6) is 0 Å². The van der Waals surface area contributed by atoms with Crippen LogP contribution in [-0.2, 0) is 0 Å². The lowest BCUT2D eigenvalue weighted by Gasteiger charge is -2.29. The van der Waals surface area contributed by atoms with Crippen LogP contribution in [0.4, 0.5) is 10.1 Å². The normalized spacial score (nSPS) is 25.4. The van der Waals surface area contributed by atoms with Gasteiger partial charge >= 0.3 is 0 Å². The largest absolute Gasteiger partial charge is 0.391 e. The zero-order valence-electron chi connectivity index (χ0n) is 8.92. The topological polar surface area (TPSA) is 32.3 Å². The van der Waals surface area contributed by atoms with Crippen molar-refractivity contribution in [2.24, 2.45) is 0 Å². The van der Waals surface area contributed by atoms with Crippen molar-refractivity contribution in [2.45, 2.75) is 37.8 Å². The van der Waals surface area contributed by atoms with Gasteiger partial charge in [-0.25, -0.2) is 4.39 Å². The van der Waals surface area contributed by atoms with E-state index in [0.717, 1.165) is 30.2 Å². The van der Waals surface area contributed by atoms with E-state index in [9.17, 15) is 9.50 Å². The molecule has 2 atom stereocenters. The van der Waals surface area contributed by atoms with Crippen LogP contribution >= 0.6 is 15.9 Å². The lowest BCUT2D eigenvalue weighted by atomic mass is 9.92. The van der Waals surface area contributed by atoms with Gasteiger partial charge in [0, 0.05) is 4.47 Å². The average Bonchev–Trinajstić information content (AvgIpc) is 2.25. The van der Waals surface area contributed by atoms with Gasteiger partial charge in [-0.3, -0.25) is 0 Å². The minimum Gasteiger partial charge on any atom is -0.391 e. The Morgan fingerprint density at radius 1 is 1.31 bits per heavy atom. The molecule has 1 aliphatic carbocycles. The summed E-state index contributed by atoms with van der Waals surface area (Å²) in [5, 5.41) is 12.9. The molecule has 0 aromatic heterocycles. The lowest BCUT2D eigenvalue weighted by molar-refractivity contribution is 0.116. The molecule has 0 aliphatic heterocycles. The highest BCUT2D eigenvalue weighted by atomic mass is 79.9. The summed E-state index contributed by atoms with van der Waals surface area (Å²) in [5.41, 5.74) is 0.467. The first-order chi connectivity index (χ1) is 7.66. The molecule has 0 spiro atoms. The molecule has 0 amide bonds. The number of hydrogen-bond acceptors (Lipinski definition) is 2. The number of benzene rings is 1. The molecule has 1 aromatic carbocycles. The monoisotopic (exact) mass is 287 g/mol. The van der Waals surface area contributed by atoms with Crippen LogP contribution in [0.2, 0.25) is 0 Å². The Balaban J connectivity index is 2.07. The first kappa shape index (κ1) is 11.9. The lowest BCUT2D eigenvalue weighted by Crippen LogP contribution is -2.36. The Hall–Kier alpha value is -0.610. The predicted molar refractivity (Wildman–Crippen MR) is 66.0 cm³/mol. The third-order valence-electron chi connectivity index (χ3n) is 3.00. The van der Waals surface area contributed by atoms with Gasteiger partial charge in [0.25, 0.3) is 0 Å². The van der Waals surface area contributed by atoms with Crippen LogP contribution in [-0.4, -0.2) is 17.3 Å². The molecule has 0 heterocycles. The molecule has 1 aliphatic rings. The van der Waals surface area contributed by atoms with Crippen LogP contribution < -0.4 is 5.32 Å². The fourth-order valence-corrected chi connectivity index (χ4v) is 2.42. The summed E-state index contributed by atoms with van der Waals surface area (Å²) in [7, 11) is 0. The Morgan fingerprint density at radius 3 is 2.75 bits per heavy atom. The Kier molecular flexibility index (Phi) is 3.82. The van der Waals surface area contributed by atoms with Crippen LogP contribution in [0.15, 0.2) is 22.7 Å². The average molecular weight is 288 g/mol. The molecular weight excluding hydrogens is 273 g/mol. The zero-order chi connectivity index (χ0) is 11.5. The molecule has 2 nitrogen and oxygen atoms in total. The standard InChI is InChI=1S/C12H15BrFNO/c13-8-5-6-10(9(14)7-8)15-11-3-1-2-4-12(11)16/h5-7,11-12,15-16H,1-4H2. The van der Waals surface area contributed by atoms with E-state index in [1.165, 1.54) is 6.07 Å². The maximum Gasteiger partial charge on any atom is 0.147 e. The molecule has 0 bridgehead atoms. The van der Waals surface area contributed by atoms with Gasteiger partial charge in [-0.05, 0) is 31.0 Å². The van der Waals surface area contributed by atoms with Crippen LogP contribution in [0.3, 0.4) is 0 Å². The number of hydrogen-bond donors (Lipinski definition) is 2. The summed E-state index contributed by atoms with van der Waals surface area (Å²) in [6, 6.07) is 4.89. The minimum atomic E-state index is -0.364. The van der Waals surface area contributed by atoms with E-state index in [2.05, 4.69) is 21.2 Å². The Labute approximate surface area is 103 Å². The molecule has 16 heavy (non-hydrogen) atoms. The fraction of sp³-hybridized carbons (Fsp3) is 0.500. The van der Waals surface area contributed by atoms with Gasteiger partial charge in [-0.1, -0.05) is 28.8 Å². The van der Waals surface area contributed by atoms with E-state index in [1.807, 2.05) is 0 Å². The smallest absolute Gasteiger partial charge is 0.147 e. The first-order valence-electron chi connectivity index (χ1n) is 5.56.